The summed E-state index contributed by atoms with van der Waals surface area (Å²) < 4.78 is 46.9. The van der Waals surface area contributed by atoms with Crippen molar-refractivity contribution in [2.75, 3.05) is 24.7 Å². The summed E-state index contributed by atoms with van der Waals surface area (Å²) in [5.74, 6) is 0.216. The Bertz CT molecular complexity index is 1380. The number of aromatic nitrogens is 2. The molecule has 6 nitrogen and oxygen atoms in total. The Hall–Kier alpha value is -3.64. The van der Waals surface area contributed by atoms with Crippen molar-refractivity contribution in [2.24, 2.45) is 11.3 Å². The Kier molecular flexibility index (Phi) is 7.02. The molecular weight excluding hydrogens is 505 g/mol. The SMILES string of the molecule is CC1(C(=O)N(CC2CCOCC2)c2ccc(C#N)cc2)C=Cn2ncc(C3(C)C=CC(C(F)(F)F)=CC3)c2C1. The number of hydrogen-bond acceptors (Lipinski definition) is 4. The molecule has 2 aliphatic heterocycles. The molecule has 0 radical (unpaired) electrons. The lowest BCUT2D eigenvalue weighted by atomic mass is 9.73. The van der Waals surface area contributed by atoms with Crippen LogP contribution in [-0.2, 0) is 21.4 Å². The van der Waals surface area contributed by atoms with Gasteiger partial charge in [0.05, 0.1) is 28.8 Å². The molecule has 0 saturated carbocycles. The summed E-state index contributed by atoms with van der Waals surface area (Å²) in [6, 6.07) is 9.16. The van der Waals surface area contributed by atoms with Gasteiger partial charge in [-0.3, -0.25) is 4.79 Å². The van der Waals surface area contributed by atoms with Crippen molar-refractivity contribution in [1.29, 1.82) is 5.26 Å². The summed E-state index contributed by atoms with van der Waals surface area (Å²) in [5, 5.41) is 13.7. The van der Waals surface area contributed by atoms with Gasteiger partial charge in [0.1, 0.15) is 0 Å². The molecule has 2 atom stereocenters. The highest BCUT2D eigenvalue weighted by Gasteiger charge is 2.42. The standard InChI is InChI=1S/C30H31F3N4O2/c1-28(11-7-23(8-12-28)30(31,32)33)25-19-35-37-14-13-29(2,17-26(25)37)27(38)36(20-22-9-15-39-16-10-22)24-5-3-21(18-34)4-6-24/h3-8,11,13-14,19,22H,9-10,12,15-17,20H2,1-2H3. The normalized spacial score (nSPS) is 25.1. The molecule has 0 N–H and O–H groups in total. The van der Waals surface area contributed by atoms with Crippen LogP contribution in [0.15, 0.2) is 60.3 Å². The second kappa shape index (κ2) is 10.2. The van der Waals surface area contributed by atoms with Crippen LogP contribution < -0.4 is 4.90 Å². The van der Waals surface area contributed by atoms with Gasteiger partial charge in [-0.15, -0.1) is 0 Å². The van der Waals surface area contributed by atoms with Gasteiger partial charge in [-0.25, -0.2) is 4.68 Å². The van der Waals surface area contributed by atoms with Crippen molar-refractivity contribution in [3.8, 4) is 6.07 Å². The van der Waals surface area contributed by atoms with Crippen LogP contribution >= 0.6 is 0 Å². The van der Waals surface area contributed by atoms with Gasteiger partial charge in [0.25, 0.3) is 0 Å². The van der Waals surface area contributed by atoms with E-state index >= 15 is 0 Å². The number of carbonyl (C=O) groups is 1. The highest BCUT2D eigenvalue weighted by molar-refractivity contribution is 5.99. The fraction of sp³-hybridized carbons (Fsp3) is 0.433. The third kappa shape index (κ3) is 5.30. The van der Waals surface area contributed by atoms with E-state index in [1.165, 1.54) is 6.08 Å². The molecule has 3 aliphatic rings. The maximum absolute atomic E-state index is 14.3. The highest BCUT2D eigenvalue weighted by Crippen LogP contribution is 2.43. The van der Waals surface area contributed by atoms with E-state index in [9.17, 15) is 23.2 Å². The Morgan fingerprint density at radius 2 is 1.92 bits per heavy atom. The van der Waals surface area contributed by atoms with Crippen LogP contribution in [0.25, 0.3) is 6.20 Å². The first-order chi connectivity index (χ1) is 18.5. The van der Waals surface area contributed by atoms with Crippen LogP contribution in [0, 0.1) is 22.7 Å². The average Bonchev–Trinajstić information content (AvgIpc) is 3.35. The van der Waals surface area contributed by atoms with Crippen LogP contribution in [0.4, 0.5) is 18.9 Å². The number of alkyl halides is 3. The predicted molar refractivity (Wildman–Crippen MR) is 142 cm³/mol. The first-order valence-corrected chi connectivity index (χ1v) is 13.2. The molecule has 204 valence electrons. The number of nitriles is 1. The third-order valence-electron chi connectivity index (χ3n) is 8.16. The summed E-state index contributed by atoms with van der Waals surface area (Å²) in [4.78, 5) is 16.1. The lowest BCUT2D eigenvalue weighted by Crippen LogP contribution is -2.47. The molecule has 1 saturated heterocycles. The van der Waals surface area contributed by atoms with Crippen molar-refractivity contribution in [3.05, 3.63) is 77.2 Å². The number of halogens is 3. The summed E-state index contributed by atoms with van der Waals surface area (Å²) in [6.45, 7) is 5.66. The fourth-order valence-corrected chi connectivity index (χ4v) is 5.62. The molecule has 1 aromatic carbocycles. The molecule has 1 amide bonds. The maximum atomic E-state index is 14.3. The summed E-state index contributed by atoms with van der Waals surface area (Å²) >= 11 is 0. The van der Waals surface area contributed by atoms with Crippen molar-refractivity contribution in [1.82, 2.24) is 9.78 Å². The zero-order valence-corrected chi connectivity index (χ0v) is 22.0. The van der Waals surface area contributed by atoms with Gasteiger partial charge in [-0.1, -0.05) is 31.2 Å². The van der Waals surface area contributed by atoms with E-state index in [0.29, 0.717) is 31.7 Å². The van der Waals surface area contributed by atoms with Crippen LogP contribution in [-0.4, -0.2) is 41.6 Å². The van der Waals surface area contributed by atoms with Crippen LogP contribution in [0.3, 0.4) is 0 Å². The number of nitrogens with zero attached hydrogens (tertiary/aromatic N) is 4. The number of amides is 1. The minimum atomic E-state index is -4.39. The molecule has 2 aromatic rings. The molecular formula is C30H31F3N4O2. The van der Waals surface area contributed by atoms with E-state index in [1.54, 1.807) is 47.4 Å². The minimum absolute atomic E-state index is 0.0723. The van der Waals surface area contributed by atoms with Gasteiger partial charge < -0.3 is 9.64 Å². The Balaban J connectivity index is 1.44. The van der Waals surface area contributed by atoms with E-state index in [0.717, 1.165) is 35.9 Å². The predicted octanol–water partition coefficient (Wildman–Crippen LogP) is 5.95. The Labute approximate surface area is 226 Å². The van der Waals surface area contributed by atoms with Crippen molar-refractivity contribution < 1.29 is 22.7 Å². The zero-order chi connectivity index (χ0) is 27.8. The van der Waals surface area contributed by atoms with Gasteiger partial charge in [-0.2, -0.15) is 23.5 Å². The average molecular weight is 537 g/mol. The van der Waals surface area contributed by atoms with Gasteiger partial charge >= 0.3 is 6.18 Å². The quantitative estimate of drug-likeness (QED) is 0.473. The Morgan fingerprint density at radius 3 is 2.54 bits per heavy atom. The third-order valence-corrected chi connectivity index (χ3v) is 8.16. The number of rotatable bonds is 5. The monoisotopic (exact) mass is 536 g/mol. The van der Waals surface area contributed by atoms with E-state index in [2.05, 4.69) is 11.2 Å². The number of hydrogen-bond donors (Lipinski definition) is 0. The fourth-order valence-electron chi connectivity index (χ4n) is 5.62. The second-order valence-corrected chi connectivity index (χ2v) is 11.1. The summed E-state index contributed by atoms with van der Waals surface area (Å²) in [6.07, 6.45) is 7.19. The second-order valence-electron chi connectivity index (χ2n) is 11.1. The summed E-state index contributed by atoms with van der Waals surface area (Å²) in [5.41, 5.74) is 0.659. The number of anilines is 1. The maximum Gasteiger partial charge on any atom is 0.416 e. The number of fused-ring (bicyclic) bond motifs is 1. The van der Waals surface area contributed by atoms with Crippen LogP contribution in [0.5, 0.6) is 0 Å². The lowest BCUT2D eigenvalue weighted by Gasteiger charge is -2.38. The molecule has 2 unspecified atom stereocenters. The Morgan fingerprint density at radius 1 is 1.21 bits per heavy atom. The molecule has 5 rings (SSSR count). The smallest absolute Gasteiger partial charge is 0.381 e. The number of ether oxygens (including phenoxy) is 1. The van der Waals surface area contributed by atoms with Crippen LogP contribution in [0.1, 0.15) is 49.9 Å². The van der Waals surface area contributed by atoms with Crippen LogP contribution in [0.2, 0.25) is 0 Å². The largest absolute Gasteiger partial charge is 0.416 e. The number of benzene rings is 1. The molecule has 39 heavy (non-hydrogen) atoms. The highest BCUT2D eigenvalue weighted by atomic mass is 19.4. The van der Waals surface area contributed by atoms with Crippen molar-refractivity contribution >= 4 is 17.8 Å². The van der Waals surface area contributed by atoms with E-state index in [4.69, 9.17) is 4.74 Å². The first-order valence-electron chi connectivity index (χ1n) is 13.2. The lowest BCUT2D eigenvalue weighted by molar-refractivity contribution is -0.125. The number of carbonyl (C=O) groups excluding carboxylic acids is 1. The van der Waals surface area contributed by atoms with Crippen molar-refractivity contribution in [3.63, 3.8) is 0 Å². The zero-order valence-electron chi connectivity index (χ0n) is 22.0. The van der Waals surface area contributed by atoms with Gasteiger partial charge in [-0.05, 0) is 56.4 Å². The molecule has 9 heteroatoms. The molecule has 1 fully saturated rings. The molecule has 1 aliphatic carbocycles. The van der Waals surface area contributed by atoms with E-state index < -0.39 is 22.6 Å². The number of allylic oxidation sites excluding steroid dienone is 4. The molecule has 1 aromatic heterocycles. The minimum Gasteiger partial charge on any atom is -0.381 e. The van der Waals surface area contributed by atoms with Gasteiger partial charge in [0, 0.05) is 54.7 Å². The van der Waals surface area contributed by atoms with Gasteiger partial charge in [0.2, 0.25) is 5.91 Å². The van der Waals surface area contributed by atoms with E-state index in [-0.39, 0.29) is 18.2 Å². The molecule has 0 bridgehead atoms. The summed E-state index contributed by atoms with van der Waals surface area (Å²) in [7, 11) is 0. The molecule has 3 heterocycles. The van der Waals surface area contributed by atoms with E-state index in [1.807, 2.05) is 24.8 Å². The molecule has 0 spiro atoms. The van der Waals surface area contributed by atoms with Gasteiger partial charge in [0.15, 0.2) is 0 Å². The first kappa shape index (κ1) is 26.9. The topological polar surface area (TPSA) is 71.2 Å². The van der Waals surface area contributed by atoms with Crippen molar-refractivity contribution in [2.45, 2.75) is 51.1 Å².